The molecule has 0 heteroatoms. The number of benzene rings is 4. The summed E-state index contributed by atoms with van der Waals surface area (Å²) in [7, 11) is 0. The van der Waals surface area contributed by atoms with Crippen LogP contribution in [0.1, 0.15) is 29.5 Å². The Bertz CT molecular complexity index is 1050. The van der Waals surface area contributed by atoms with Crippen LogP contribution in [0.3, 0.4) is 0 Å². The second kappa shape index (κ2) is 8.27. The van der Waals surface area contributed by atoms with Crippen molar-refractivity contribution in [2.75, 3.05) is 0 Å². The molecule has 0 saturated heterocycles. The summed E-state index contributed by atoms with van der Waals surface area (Å²) in [6.45, 7) is 4.56. The fourth-order valence-electron chi connectivity index (χ4n) is 3.94. The molecular formula is C28H26. The molecule has 138 valence electrons. The van der Waals surface area contributed by atoms with E-state index in [1.165, 1.54) is 38.9 Å². The molecule has 0 fully saturated rings. The molecule has 4 aromatic rings. The molecule has 28 heavy (non-hydrogen) atoms. The van der Waals surface area contributed by atoms with E-state index in [0.29, 0.717) is 5.92 Å². The van der Waals surface area contributed by atoms with Crippen molar-refractivity contribution in [3.05, 3.63) is 120 Å². The molecule has 0 aliphatic heterocycles. The molecule has 0 spiro atoms. The average molecular weight is 363 g/mol. The van der Waals surface area contributed by atoms with Gasteiger partial charge in [-0.1, -0.05) is 110 Å². The van der Waals surface area contributed by atoms with Crippen LogP contribution >= 0.6 is 0 Å². The van der Waals surface area contributed by atoms with Crippen LogP contribution in [0.5, 0.6) is 0 Å². The van der Waals surface area contributed by atoms with Crippen molar-refractivity contribution < 1.29 is 0 Å². The molecule has 0 amide bonds. The summed E-state index contributed by atoms with van der Waals surface area (Å²) in [5.41, 5.74) is 9.39. The van der Waals surface area contributed by atoms with Crippen LogP contribution in [0.4, 0.5) is 0 Å². The Morgan fingerprint density at radius 2 is 1.21 bits per heavy atom. The van der Waals surface area contributed by atoms with Gasteiger partial charge in [0.1, 0.15) is 0 Å². The molecule has 0 heterocycles. The molecule has 0 aliphatic rings. The van der Waals surface area contributed by atoms with Gasteiger partial charge in [-0.3, -0.25) is 0 Å². The molecule has 1 atom stereocenters. The van der Waals surface area contributed by atoms with Crippen molar-refractivity contribution in [1.29, 1.82) is 0 Å². The molecule has 0 N–H and O–H groups in total. The number of aryl methyl sites for hydroxylation is 1. The maximum absolute atomic E-state index is 2.39. The number of hydrogen-bond acceptors (Lipinski definition) is 0. The van der Waals surface area contributed by atoms with Crippen LogP contribution in [-0.2, 0) is 6.42 Å². The van der Waals surface area contributed by atoms with Gasteiger partial charge in [-0.15, -0.1) is 0 Å². The van der Waals surface area contributed by atoms with E-state index in [4.69, 9.17) is 0 Å². The summed E-state index contributed by atoms with van der Waals surface area (Å²) in [5, 5.41) is 0. The second-order valence-corrected chi connectivity index (χ2v) is 7.57. The van der Waals surface area contributed by atoms with Gasteiger partial charge in [-0.25, -0.2) is 0 Å². The lowest BCUT2D eigenvalue weighted by atomic mass is 9.85. The maximum atomic E-state index is 2.39. The summed E-state index contributed by atoms with van der Waals surface area (Å²) in [5.74, 6) is 0.431. The predicted molar refractivity (Wildman–Crippen MR) is 121 cm³/mol. The third-order valence-corrected chi connectivity index (χ3v) is 5.56. The summed E-state index contributed by atoms with van der Waals surface area (Å²) in [4.78, 5) is 0. The Balaban J connectivity index is 1.78. The molecule has 0 aliphatic carbocycles. The van der Waals surface area contributed by atoms with Gasteiger partial charge in [0.25, 0.3) is 0 Å². The van der Waals surface area contributed by atoms with Gasteiger partial charge in [-0.2, -0.15) is 0 Å². The molecule has 1 unspecified atom stereocenters. The summed E-state index contributed by atoms with van der Waals surface area (Å²) >= 11 is 0. The Kier molecular flexibility index (Phi) is 5.39. The molecule has 4 aromatic carbocycles. The lowest BCUT2D eigenvalue weighted by molar-refractivity contribution is 0.757. The molecule has 0 bridgehead atoms. The fraction of sp³-hybridized carbons (Fsp3) is 0.143. The summed E-state index contributed by atoms with van der Waals surface area (Å²) in [6, 6.07) is 37.1. The van der Waals surface area contributed by atoms with Crippen molar-refractivity contribution in [3.8, 4) is 22.3 Å². The van der Waals surface area contributed by atoms with E-state index in [-0.39, 0.29) is 0 Å². The van der Waals surface area contributed by atoms with Gasteiger partial charge >= 0.3 is 0 Å². The first-order chi connectivity index (χ1) is 13.7. The van der Waals surface area contributed by atoms with Crippen molar-refractivity contribution in [2.24, 2.45) is 0 Å². The second-order valence-electron chi connectivity index (χ2n) is 7.57. The van der Waals surface area contributed by atoms with E-state index in [1.807, 2.05) is 0 Å². The van der Waals surface area contributed by atoms with Crippen molar-refractivity contribution >= 4 is 0 Å². The first-order valence-electron chi connectivity index (χ1n) is 10.0. The first-order valence-corrected chi connectivity index (χ1v) is 10.0. The highest BCUT2D eigenvalue weighted by atomic mass is 14.2. The van der Waals surface area contributed by atoms with Crippen molar-refractivity contribution in [1.82, 2.24) is 0 Å². The van der Waals surface area contributed by atoms with E-state index in [1.54, 1.807) is 0 Å². The smallest absolute Gasteiger partial charge is 0.0143 e. The van der Waals surface area contributed by atoms with E-state index in [9.17, 15) is 0 Å². The molecule has 0 saturated carbocycles. The fourth-order valence-corrected chi connectivity index (χ4v) is 3.94. The standard InChI is InChI=1S/C28H26/c1-21-11-9-10-16-25(21)19-22(2)28-20-26(23-12-5-3-6-13-23)17-18-27(28)24-14-7-4-8-15-24/h3-18,20,22H,19H2,1-2H3. The van der Waals surface area contributed by atoms with Crippen molar-refractivity contribution in [3.63, 3.8) is 0 Å². The lowest BCUT2D eigenvalue weighted by Gasteiger charge is -2.20. The van der Waals surface area contributed by atoms with Crippen LogP contribution in [0, 0.1) is 6.92 Å². The zero-order valence-corrected chi connectivity index (χ0v) is 16.6. The minimum atomic E-state index is 0.431. The van der Waals surface area contributed by atoms with Gasteiger partial charge in [0.15, 0.2) is 0 Å². The number of hydrogen-bond donors (Lipinski definition) is 0. The quantitative estimate of drug-likeness (QED) is 0.341. The zero-order valence-electron chi connectivity index (χ0n) is 16.6. The highest BCUT2D eigenvalue weighted by Crippen LogP contribution is 2.35. The van der Waals surface area contributed by atoms with Crippen LogP contribution in [0.2, 0.25) is 0 Å². The van der Waals surface area contributed by atoms with E-state index in [2.05, 4.69) is 117 Å². The van der Waals surface area contributed by atoms with Gasteiger partial charge < -0.3 is 0 Å². The topological polar surface area (TPSA) is 0 Å². The minimum Gasteiger partial charge on any atom is -0.0622 e. The van der Waals surface area contributed by atoms with E-state index < -0.39 is 0 Å². The monoisotopic (exact) mass is 362 g/mol. The average Bonchev–Trinajstić information content (AvgIpc) is 2.76. The lowest BCUT2D eigenvalue weighted by Crippen LogP contribution is -2.03. The molecule has 0 nitrogen and oxygen atoms in total. The third kappa shape index (κ3) is 3.92. The highest BCUT2D eigenvalue weighted by Gasteiger charge is 2.15. The molecule has 4 rings (SSSR count). The number of rotatable bonds is 5. The Morgan fingerprint density at radius 3 is 1.89 bits per heavy atom. The van der Waals surface area contributed by atoms with Gasteiger partial charge in [-0.05, 0) is 58.2 Å². The molecular weight excluding hydrogens is 336 g/mol. The van der Waals surface area contributed by atoms with E-state index in [0.717, 1.165) is 6.42 Å². The maximum Gasteiger partial charge on any atom is -0.0143 e. The van der Waals surface area contributed by atoms with Crippen LogP contribution in [0.25, 0.3) is 22.3 Å². The first kappa shape index (κ1) is 18.3. The summed E-state index contributed by atoms with van der Waals surface area (Å²) < 4.78 is 0. The predicted octanol–water partition coefficient (Wildman–Crippen LogP) is 7.68. The van der Waals surface area contributed by atoms with Crippen molar-refractivity contribution in [2.45, 2.75) is 26.2 Å². The Labute approximate surface area is 168 Å². The van der Waals surface area contributed by atoms with Gasteiger partial charge in [0.05, 0.1) is 0 Å². The third-order valence-electron chi connectivity index (χ3n) is 5.56. The summed E-state index contributed by atoms with van der Waals surface area (Å²) in [6.07, 6.45) is 1.05. The van der Waals surface area contributed by atoms with E-state index >= 15 is 0 Å². The Hall–Kier alpha value is -3.12. The van der Waals surface area contributed by atoms with Gasteiger partial charge in [0, 0.05) is 0 Å². The minimum absolute atomic E-state index is 0.431. The normalized spacial score (nSPS) is 11.9. The SMILES string of the molecule is Cc1ccccc1CC(C)c1cc(-c2ccccc2)ccc1-c1ccccc1. The Morgan fingerprint density at radius 1 is 0.607 bits per heavy atom. The van der Waals surface area contributed by atoms with Gasteiger partial charge in [0.2, 0.25) is 0 Å². The molecule has 0 aromatic heterocycles. The van der Waals surface area contributed by atoms with Crippen LogP contribution in [-0.4, -0.2) is 0 Å². The zero-order chi connectivity index (χ0) is 19.3. The van der Waals surface area contributed by atoms with Crippen LogP contribution in [0.15, 0.2) is 103 Å². The molecule has 0 radical (unpaired) electrons. The highest BCUT2D eigenvalue weighted by molar-refractivity contribution is 5.74. The van der Waals surface area contributed by atoms with Crippen LogP contribution < -0.4 is 0 Å². The largest absolute Gasteiger partial charge is 0.0622 e.